The molecule has 4 rings (SSSR count). The van der Waals surface area contributed by atoms with Crippen molar-refractivity contribution in [1.29, 1.82) is 0 Å². The van der Waals surface area contributed by atoms with Crippen molar-refractivity contribution in [2.75, 3.05) is 18.9 Å². The number of nitrogens with one attached hydrogen (secondary N) is 6. The van der Waals surface area contributed by atoms with Crippen LogP contribution in [0.2, 0.25) is 0 Å². The molecule has 59 heavy (non-hydrogen) atoms. The molecule has 3 aliphatic heterocycles. The van der Waals surface area contributed by atoms with Gasteiger partial charge in [-0.05, 0) is 72.3 Å². The molecule has 6 N–H and O–H groups in total. The molecular formula is C43H65N7O8S. The summed E-state index contributed by atoms with van der Waals surface area (Å²) >= 11 is 1.47. The molecule has 0 radical (unpaired) electrons. The van der Waals surface area contributed by atoms with E-state index in [0.717, 1.165) is 5.56 Å². The van der Waals surface area contributed by atoms with E-state index in [0.29, 0.717) is 38.0 Å². The van der Waals surface area contributed by atoms with Crippen LogP contribution < -0.4 is 31.9 Å². The Kier molecular flexibility index (Phi) is 16.7. The normalized spacial score (nSPS) is 29.1. The number of thioether (sulfide) groups is 1. The zero-order valence-corrected chi connectivity index (χ0v) is 36.6. The van der Waals surface area contributed by atoms with Crippen molar-refractivity contribution in [2.45, 2.75) is 146 Å². The second-order valence-corrected chi connectivity index (χ2v) is 18.0. The van der Waals surface area contributed by atoms with Crippen molar-refractivity contribution in [3.8, 4) is 0 Å². The summed E-state index contributed by atoms with van der Waals surface area (Å²) in [5.74, 6) is -3.34. The Balaban J connectivity index is 1.76. The van der Waals surface area contributed by atoms with Crippen LogP contribution in [0.5, 0.6) is 0 Å². The van der Waals surface area contributed by atoms with E-state index < -0.39 is 94.5 Å². The lowest BCUT2D eigenvalue weighted by atomic mass is 9.97. The van der Waals surface area contributed by atoms with Gasteiger partial charge in [-0.25, -0.2) is 0 Å². The lowest BCUT2D eigenvalue weighted by molar-refractivity contribution is -0.142. The van der Waals surface area contributed by atoms with E-state index in [1.165, 1.54) is 16.7 Å². The Morgan fingerprint density at radius 3 is 2.14 bits per heavy atom. The molecule has 3 fully saturated rings. The fourth-order valence-electron chi connectivity index (χ4n) is 7.18. The predicted molar refractivity (Wildman–Crippen MR) is 228 cm³/mol. The van der Waals surface area contributed by atoms with E-state index in [4.69, 9.17) is 9.47 Å². The number of fused-ring (bicyclic) bond motifs is 3. The van der Waals surface area contributed by atoms with E-state index >= 15 is 0 Å². The molecule has 0 saturated carbocycles. The monoisotopic (exact) mass is 839 g/mol. The first-order valence-electron chi connectivity index (χ1n) is 20.6. The summed E-state index contributed by atoms with van der Waals surface area (Å²) in [7, 11) is 0. The molecule has 0 spiro atoms. The molecule has 3 aliphatic rings. The fraction of sp³-hybridized carbons (Fsp3) is 0.628. The Morgan fingerprint density at radius 2 is 1.49 bits per heavy atom. The molecule has 1 aromatic carbocycles. The van der Waals surface area contributed by atoms with E-state index in [1.54, 1.807) is 60.6 Å². The van der Waals surface area contributed by atoms with Gasteiger partial charge in [0.25, 0.3) is 0 Å². The Labute approximate surface area is 353 Å². The standard InChI is InChI=1S/C43H65N7O8S/c1-11-25(4)33-38(54)44-26(5)41(56)50-21-17-20-32(50)37(53)45-29(22-28-18-15-14-16-19-28)40-47-31(24-59-40)36(52)49-34(27(6)58-43(9,10)13-3)39(55)46-30(35(51)48-33)23-57-42(7,8)12-2/h12-16,18-19,25-27,29-34,40,47H,2-3,11,17,20-24H2,1,4-10H3,(H,44,54)(H,45,53)(H,46,55)(H,48,51)(H,49,52)/t25-,26?,27+,29+,30-,31-,32-,33-,34-,40?/m0/s1. The number of rotatable bonds is 12. The highest BCUT2D eigenvalue weighted by molar-refractivity contribution is 8.00. The van der Waals surface area contributed by atoms with Gasteiger partial charge < -0.3 is 41.0 Å². The van der Waals surface area contributed by atoms with Crippen LogP contribution in [0.15, 0.2) is 55.6 Å². The van der Waals surface area contributed by atoms with Crippen LogP contribution in [-0.2, 0) is 44.7 Å². The van der Waals surface area contributed by atoms with Crippen molar-refractivity contribution in [3.63, 3.8) is 0 Å². The van der Waals surface area contributed by atoms with Gasteiger partial charge in [0.05, 0.1) is 41.4 Å². The first-order chi connectivity index (χ1) is 27.8. The topological polar surface area (TPSA) is 196 Å². The van der Waals surface area contributed by atoms with Gasteiger partial charge in [0.2, 0.25) is 35.4 Å². The van der Waals surface area contributed by atoms with Crippen LogP contribution in [0.1, 0.15) is 80.2 Å². The maximum Gasteiger partial charge on any atom is 0.245 e. The number of benzene rings is 1. The van der Waals surface area contributed by atoms with E-state index in [-0.39, 0.29) is 18.4 Å². The van der Waals surface area contributed by atoms with Crippen molar-refractivity contribution in [3.05, 3.63) is 61.2 Å². The molecule has 1 aromatic rings. The van der Waals surface area contributed by atoms with Gasteiger partial charge >= 0.3 is 0 Å². The summed E-state index contributed by atoms with van der Waals surface area (Å²) < 4.78 is 12.2. The average molecular weight is 840 g/mol. The highest BCUT2D eigenvalue weighted by Gasteiger charge is 2.43. The molecular weight excluding hydrogens is 775 g/mol. The predicted octanol–water partition coefficient (Wildman–Crippen LogP) is 2.11. The van der Waals surface area contributed by atoms with E-state index in [9.17, 15) is 28.8 Å². The highest BCUT2D eigenvalue weighted by Crippen LogP contribution is 2.26. The number of carbonyl (C=O) groups is 6. The van der Waals surface area contributed by atoms with Gasteiger partial charge in [0.1, 0.15) is 30.2 Å². The fourth-order valence-corrected chi connectivity index (χ4v) is 8.48. The van der Waals surface area contributed by atoms with Crippen molar-refractivity contribution < 1.29 is 38.2 Å². The third-order valence-corrected chi connectivity index (χ3v) is 12.6. The van der Waals surface area contributed by atoms with Gasteiger partial charge in [-0.2, -0.15) is 0 Å². The molecule has 326 valence electrons. The van der Waals surface area contributed by atoms with E-state index in [1.807, 2.05) is 37.3 Å². The van der Waals surface area contributed by atoms with Gasteiger partial charge in [-0.3, -0.25) is 34.1 Å². The smallest absolute Gasteiger partial charge is 0.245 e. The van der Waals surface area contributed by atoms with Gasteiger partial charge in [0.15, 0.2) is 0 Å². The van der Waals surface area contributed by atoms with Crippen LogP contribution in [0, 0.1) is 5.92 Å². The lowest BCUT2D eigenvalue weighted by Crippen LogP contribution is -2.63. The summed E-state index contributed by atoms with van der Waals surface area (Å²) in [6.45, 7) is 21.6. The van der Waals surface area contributed by atoms with Crippen LogP contribution >= 0.6 is 11.8 Å². The molecule has 15 nitrogen and oxygen atoms in total. The SMILES string of the molecule is C=CC(C)(C)OC[C@@H]1NC(=O)[C@H]([C@@H](C)OC(C)(C)C=C)NC(=O)[C@@H]2CSC(N2)[C@@H](Cc2ccccc2)NC(=O)[C@@H]2CCCN2C(=O)C(C)NC(=O)[C@H]([C@@H](C)CC)NC1=O. The molecule has 0 aromatic heterocycles. The van der Waals surface area contributed by atoms with Crippen LogP contribution in [0.3, 0.4) is 0 Å². The quantitative estimate of drug-likeness (QED) is 0.170. The first-order valence-corrected chi connectivity index (χ1v) is 21.7. The molecule has 2 bridgehead atoms. The molecule has 10 atom stereocenters. The molecule has 0 aliphatic carbocycles. The van der Waals surface area contributed by atoms with Crippen molar-refractivity contribution >= 4 is 47.2 Å². The van der Waals surface area contributed by atoms with E-state index in [2.05, 4.69) is 45.1 Å². The minimum atomic E-state index is -1.33. The average Bonchev–Trinajstić information content (AvgIpc) is 3.91. The van der Waals surface area contributed by atoms with Crippen molar-refractivity contribution in [2.24, 2.45) is 5.92 Å². The van der Waals surface area contributed by atoms with Crippen LogP contribution in [0.25, 0.3) is 0 Å². The summed E-state index contributed by atoms with van der Waals surface area (Å²) in [6.07, 6.45) is 4.20. The zero-order valence-electron chi connectivity index (χ0n) is 35.8. The Hall–Kier alpha value is -4.25. The summed E-state index contributed by atoms with van der Waals surface area (Å²) in [4.78, 5) is 86.2. The number of ether oxygens (including phenoxy) is 2. The maximum atomic E-state index is 14.4. The highest BCUT2D eigenvalue weighted by atomic mass is 32.2. The van der Waals surface area contributed by atoms with Gasteiger partial charge in [0, 0.05) is 12.3 Å². The lowest BCUT2D eigenvalue weighted by Gasteiger charge is -2.33. The molecule has 6 amide bonds. The first kappa shape index (κ1) is 47.4. The Bertz CT molecular complexity index is 1690. The van der Waals surface area contributed by atoms with Gasteiger partial charge in [-0.1, -0.05) is 62.8 Å². The second kappa shape index (κ2) is 20.8. The van der Waals surface area contributed by atoms with Gasteiger partial charge in [-0.15, -0.1) is 24.9 Å². The number of nitrogens with zero attached hydrogens (tertiary/aromatic N) is 1. The zero-order chi connectivity index (χ0) is 43.7. The minimum Gasteiger partial charge on any atom is -0.369 e. The molecule has 2 unspecified atom stereocenters. The summed E-state index contributed by atoms with van der Waals surface area (Å²) in [5, 5.41) is 17.4. The third-order valence-electron chi connectivity index (χ3n) is 11.3. The largest absolute Gasteiger partial charge is 0.369 e. The molecule has 16 heteroatoms. The molecule has 3 heterocycles. The number of carbonyl (C=O) groups excluding carboxylic acids is 6. The van der Waals surface area contributed by atoms with Crippen LogP contribution in [0.4, 0.5) is 0 Å². The number of amides is 6. The third kappa shape index (κ3) is 12.9. The summed E-state index contributed by atoms with van der Waals surface area (Å²) in [6, 6.07) is 2.88. The molecule has 3 saturated heterocycles. The van der Waals surface area contributed by atoms with Crippen LogP contribution in [-0.4, -0.2) is 124 Å². The number of hydrogen-bond acceptors (Lipinski definition) is 10. The van der Waals surface area contributed by atoms with Crippen molar-refractivity contribution in [1.82, 2.24) is 36.8 Å². The summed E-state index contributed by atoms with van der Waals surface area (Å²) in [5.41, 5.74) is -0.811. The second-order valence-electron chi connectivity index (χ2n) is 16.9. The Morgan fingerprint density at radius 1 is 0.847 bits per heavy atom. The maximum absolute atomic E-state index is 14.4. The number of hydrogen-bond donors (Lipinski definition) is 6. The minimum absolute atomic E-state index is 0.308.